The molecule has 0 amide bonds. The highest BCUT2D eigenvalue weighted by molar-refractivity contribution is 8.01. The van der Waals surface area contributed by atoms with Crippen LogP contribution in [-0.4, -0.2) is 25.7 Å². The van der Waals surface area contributed by atoms with E-state index in [9.17, 15) is 0 Å². The van der Waals surface area contributed by atoms with Crippen LogP contribution in [-0.2, 0) is 0 Å². The van der Waals surface area contributed by atoms with Crippen LogP contribution < -0.4 is 10.1 Å². The number of nitrogens with one attached hydrogen (secondary N) is 1. The Hall–Kier alpha value is -4.06. The summed E-state index contributed by atoms with van der Waals surface area (Å²) in [6.07, 6.45) is 3.70. The maximum absolute atomic E-state index is 5.82. The number of hydrogen-bond acceptors (Lipinski definition) is 7. The number of rotatable bonds is 7. The molecule has 0 aliphatic heterocycles. The maximum Gasteiger partial charge on any atom is 0.210 e. The van der Waals surface area contributed by atoms with Crippen LogP contribution in [0.3, 0.4) is 0 Å². The summed E-state index contributed by atoms with van der Waals surface area (Å²) in [6, 6.07) is 27.4. The first kappa shape index (κ1) is 21.8. The van der Waals surface area contributed by atoms with E-state index in [-0.39, 0.29) is 0 Å². The summed E-state index contributed by atoms with van der Waals surface area (Å²) >= 11 is 3.06. The molecule has 3 aromatic carbocycles. The van der Waals surface area contributed by atoms with Crippen molar-refractivity contribution in [1.29, 1.82) is 0 Å². The molecular weight excluding hydrogens is 462 g/mol. The lowest BCUT2D eigenvalue weighted by Gasteiger charge is -2.06. The molecule has 0 radical (unpaired) electrons. The fourth-order valence-corrected chi connectivity index (χ4v) is 4.53. The standard InChI is InChI=1S/C26H19N5OS2/c1-3-9-22(10-4-1)31-19-20(18-27-31)8-7-17-33-26-30-29-25(34-26)28-21-13-15-24(16-14-21)32-23-11-5-2-6-12-23/h1-6,9-16,18-19H,17H2,(H,28,29). The van der Waals surface area contributed by atoms with Crippen LogP contribution >= 0.6 is 23.1 Å². The third-order valence-electron chi connectivity index (χ3n) is 4.59. The van der Waals surface area contributed by atoms with Crippen molar-refractivity contribution in [3.05, 3.63) is 103 Å². The van der Waals surface area contributed by atoms with Gasteiger partial charge in [0.1, 0.15) is 11.5 Å². The number of ether oxygens (including phenoxy) is 1. The van der Waals surface area contributed by atoms with E-state index in [0.29, 0.717) is 5.75 Å². The van der Waals surface area contributed by atoms with E-state index < -0.39 is 0 Å². The lowest BCUT2D eigenvalue weighted by Crippen LogP contribution is -1.92. The molecule has 0 bridgehead atoms. The highest BCUT2D eigenvalue weighted by Crippen LogP contribution is 2.29. The second-order valence-electron chi connectivity index (χ2n) is 7.04. The Labute approximate surface area is 205 Å². The molecule has 0 fully saturated rings. The Morgan fingerprint density at radius 3 is 2.41 bits per heavy atom. The summed E-state index contributed by atoms with van der Waals surface area (Å²) in [7, 11) is 0. The van der Waals surface area contributed by atoms with E-state index in [0.717, 1.165) is 37.9 Å². The smallest absolute Gasteiger partial charge is 0.210 e. The lowest BCUT2D eigenvalue weighted by atomic mass is 10.3. The molecule has 0 saturated carbocycles. The van der Waals surface area contributed by atoms with E-state index in [2.05, 4.69) is 32.5 Å². The molecule has 166 valence electrons. The average Bonchev–Trinajstić information content (AvgIpc) is 3.54. The fraction of sp³-hybridized carbons (Fsp3) is 0.0385. The van der Waals surface area contributed by atoms with Gasteiger partial charge in [-0.15, -0.1) is 10.2 Å². The molecule has 5 aromatic rings. The van der Waals surface area contributed by atoms with Crippen LogP contribution in [0.15, 0.2) is 102 Å². The molecule has 0 saturated heterocycles. The molecular formula is C26H19N5OS2. The quantitative estimate of drug-likeness (QED) is 0.214. The monoisotopic (exact) mass is 481 g/mol. The minimum Gasteiger partial charge on any atom is -0.457 e. The van der Waals surface area contributed by atoms with Gasteiger partial charge >= 0.3 is 0 Å². The molecule has 6 nitrogen and oxygen atoms in total. The van der Waals surface area contributed by atoms with Gasteiger partial charge in [0.05, 0.1) is 23.2 Å². The van der Waals surface area contributed by atoms with Gasteiger partial charge in [-0.1, -0.05) is 71.3 Å². The number of para-hydroxylation sites is 2. The second-order valence-corrected chi connectivity index (χ2v) is 9.24. The van der Waals surface area contributed by atoms with Gasteiger partial charge in [-0.3, -0.25) is 0 Å². The molecule has 5 rings (SSSR count). The molecule has 2 aromatic heterocycles. The minimum absolute atomic E-state index is 0.622. The molecule has 8 heteroatoms. The minimum atomic E-state index is 0.622. The van der Waals surface area contributed by atoms with Gasteiger partial charge in [0, 0.05) is 11.9 Å². The SMILES string of the molecule is C(#Cc1cnn(-c2ccccc2)c1)CSc1nnc(Nc2ccc(Oc3ccccc3)cc2)s1. The van der Waals surface area contributed by atoms with Gasteiger partial charge < -0.3 is 10.1 Å². The predicted molar refractivity (Wildman–Crippen MR) is 137 cm³/mol. The van der Waals surface area contributed by atoms with Crippen molar-refractivity contribution in [2.75, 3.05) is 11.1 Å². The molecule has 1 N–H and O–H groups in total. The molecule has 2 heterocycles. The Bertz CT molecular complexity index is 1400. The normalized spacial score (nSPS) is 10.4. The van der Waals surface area contributed by atoms with E-state index >= 15 is 0 Å². The van der Waals surface area contributed by atoms with Crippen molar-refractivity contribution in [3.8, 4) is 29.0 Å². The zero-order valence-electron chi connectivity index (χ0n) is 18.0. The Morgan fingerprint density at radius 2 is 1.62 bits per heavy atom. The van der Waals surface area contributed by atoms with E-state index in [4.69, 9.17) is 4.74 Å². The summed E-state index contributed by atoms with van der Waals surface area (Å²) in [4.78, 5) is 0. The van der Waals surface area contributed by atoms with Gasteiger partial charge in [-0.2, -0.15) is 5.10 Å². The largest absolute Gasteiger partial charge is 0.457 e. The van der Waals surface area contributed by atoms with Crippen LogP contribution in [0.25, 0.3) is 5.69 Å². The lowest BCUT2D eigenvalue weighted by molar-refractivity contribution is 0.483. The maximum atomic E-state index is 5.82. The average molecular weight is 482 g/mol. The van der Waals surface area contributed by atoms with Gasteiger partial charge in [0.25, 0.3) is 0 Å². The first-order valence-corrected chi connectivity index (χ1v) is 12.3. The summed E-state index contributed by atoms with van der Waals surface area (Å²) in [5, 5.41) is 16.8. The third-order valence-corrected chi connectivity index (χ3v) is 6.45. The van der Waals surface area contributed by atoms with Crippen molar-refractivity contribution in [2.45, 2.75) is 4.34 Å². The number of aromatic nitrogens is 4. The summed E-state index contributed by atoms with van der Waals surface area (Å²) in [5.74, 6) is 8.52. The number of nitrogens with zero attached hydrogens (tertiary/aromatic N) is 4. The Balaban J connectivity index is 1.12. The number of thioether (sulfide) groups is 1. The summed E-state index contributed by atoms with van der Waals surface area (Å²) in [6.45, 7) is 0. The van der Waals surface area contributed by atoms with E-state index in [1.165, 1.54) is 11.3 Å². The zero-order chi connectivity index (χ0) is 23.0. The van der Waals surface area contributed by atoms with Crippen LogP contribution in [0.4, 0.5) is 10.8 Å². The first-order valence-electron chi connectivity index (χ1n) is 10.5. The van der Waals surface area contributed by atoms with E-state index in [1.807, 2.05) is 95.8 Å². The van der Waals surface area contributed by atoms with Gasteiger partial charge in [0.15, 0.2) is 4.34 Å². The van der Waals surface area contributed by atoms with Crippen molar-refractivity contribution >= 4 is 33.9 Å². The van der Waals surface area contributed by atoms with Crippen molar-refractivity contribution < 1.29 is 4.74 Å². The molecule has 0 aliphatic rings. The van der Waals surface area contributed by atoms with Crippen LogP contribution in [0, 0.1) is 11.8 Å². The molecule has 34 heavy (non-hydrogen) atoms. The van der Waals surface area contributed by atoms with Gasteiger partial charge in [-0.25, -0.2) is 4.68 Å². The Morgan fingerprint density at radius 1 is 0.882 bits per heavy atom. The van der Waals surface area contributed by atoms with Crippen LogP contribution in [0.5, 0.6) is 11.5 Å². The zero-order valence-corrected chi connectivity index (χ0v) is 19.6. The van der Waals surface area contributed by atoms with Gasteiger partial charge in [-0.05, 0) is 48.5 Å². The topological polar surface area (TPSA) is 64.9 Å². The van der Waals surface area contributed by atoms with Crippen LogP contribution in [0.1, 0.15) is 5.56 Å². The highest BCUT2D eigenvalue weighted by Gasteiger charge is 2.05. The van der Waals surface area contributed by atoms with Crippen molar-refractivity contribution in [1.82, 2.24) is 20.0 Å². The Kier molecular flexibility index (Phi) is 6.85. The molecule has 0 atom stereocenters. The van der Waals surface area contributed by atoms with Crippen LogP contribution in [0.2, 0.25) is 0 Å². The second kappa shape index (κ2) is 10.7. The van der Waals surface area contributed by atoms with E-state index in [1.54, 1.807) is 18.0 Å². The van der Waals surface area contributed by atoms with Crippen molar-refractivity contribution in [2.24, 2.45) is 0 Å². The summed E-state index contributed by atoms with van der Waals surface area (Å²) < 4.78 is 8.51. The van der Waals surface area contributed by atoms with Gasteiger partial charge in [0.2, 0.25) is 5.13 Å². The third kappa shape index (κ3) is 5.84. The predicted octanol–water partition coefficient (Wildman–Crippen LogP) is 6.40. The summed E-state index contributed by atoms with van der Waals surface area (Å²) in [5.41, 5.74) is 2.81. The molecule has 0 aliphatic carbocycles. The van der Waals surface area contributed by atoms with Crippen molar-refractivity contribution in [3.63, 3.8) is 0 Å². The number of benzene rings is 3. The number of anilines is 2. The highest BCUT2D eigenvalue weighted by atomic mass is 32.2. The first-order chi connectivity index (χ1) is 16.8. The number of hydrogen-bond donors (Lipinski definition) is 1. The fourth-order valence-electron chi connectivity index (χ4n) is 3.02. The molecule has 0 unspecified atom stereocenters. The molecule has 0 spiro atoms.